The molecule has 112 valence electrons. The van der Waals surface area contributed by atoms with Gasteiger partial charge >= 0.3 is 0 Å². The van der Waals surface area contributed by atoms with Gasteiger partial charge in [0.2, 0.25) is 0 Å². The van der Waals surface area contributed by atoms with Crippen molar-refractivity contribution in [2.24, 2.45) is 0 Å². The van der Waals surface area contributed by atoms with Crippen LogP contribution < -0.4 is 14.8 Å². The molecule has 0 aromatic heterocycles. The minimum absolute atomic E-state index is 0.0158. The maximum absolute atomic E-state index is 14.1. The van der Waals surface area contributed by atoms with Crippen LogP contribution in [0, 0.1) is 0 Å². The van der Waals surface area contributed by atoms with Gasteiger partial charge in [-0.3, -0.25) is 0 Å². The van der Waals surface area contributed by atoms with Crippen LogP contribution in [0.5, 0.6) is 11.5 Å². The molecule has 0 atom stereocenters. The van der Waals surface area contributed by atoms with Gasteiger partial charge in [-0.15, -0.1) is 0 Å². The van der Waals surface area contributed by atoms with Crippen LogP contribution >= 0.6 is 0 Å². The number of benzene rings is 2. The van der Waals surface area contributed by atoms with E-state index in [0.717, 1.165) is 0 Å². The van der Waals surface area contributed by atoms with Crippen molar-refractivity contribution in [3.05, 3.63) is 54.1 Å². The van der Waals surface area contributed by atoms with Crippen molar-refractivity contribution in [1.29, 1.82) is 0 Å². The smallest absolute Gasteiger partial charge is 0.290 e. The first kappa shape index (κ1) is 15.1. The van der Waals surface area contributed by atoms with Crippen molar-refractivity contribution in [3.8, 4) is 11.5 Å². The van der Waals surface area contributed by atoms with E-state index in [0.29, 0.717) is 17.2 Å². The average Bonchev–Trinajstić information content (AvgIpc) is 2.53. The fraction of sp³-hybridized carbons (Fsp3) is 0.250. The molecule has 0 amide bonds. The first-order valence-corrected chi connectivity index (χ1v) is 6.46. The molecule has 0 bridgehead atoms. The topological polar surface area (TPSA) is 30.5 Å². The van der Waals surface area contributed by atoms with E-state index in [-0.39, 0.29) is 5.56 Å². The molecule has 0 aliphatic heterocycles. The zero-order chi connectivity index (χ0) is 15.3. The predicted octanol–water partition coefficient (Wildman–Crippen LogP) is 3.91. The molecule has 2 aromatic rings. The molecular formula is C16H17F2NO2. The van der Waals surface area contributed by atoms with Crippen LogP contribution in [0.4, 0.5) is 14.5 Å². The summed E-state index contributed by atoms with van der Waals surface area (Å²) in [6.07, 6.45) is 0. The summed E-state index contributed by atoms with van der Waals surface area (Å²) in [7, 11) is 3.02. The predicted molar refractivity (Wildman–Crippen MR) is 78.4 cm³/mol. The average molecular weight is 293 g/mol. The summed E-state index contributed by atoms with van der Waals surface area (Å²) in [6.45, 7) is -0.494. The van der Waals surface area contributed by atoms with Gasteiger partial charge in [-0.05, 0) is 12.1 Å². The number of nitrogens with one attached hydrogen (secondary N) is 1. The molecular weight excluding hydrogens is 276 g/mol. The quantitative estimate of drug-likeness (QED) is 0.876. The lowest BCUT2D eigenvalue weighted by Crippen LogP contribution is -2.24. The molecule has 1 N–H and O–H groups in total. The molecule has 0 aliphatic carbocycles. The number of alkyl halides is 2. The van der Waals surface area contributed by atoms with Crippen LogP contribution in [-0.2, 0) is 5.92 Å². The molecule has 0 saturated heterocycles. The fourth-order valence-corrected chi connectivity index (χ4v) is 1.94. The van der Waals surface area contributed by atoms with Crippen molar-refractivity contribution in [3.63, 3.8) is 0 Å². The third kappa shape index (κ3) is 3.62. The second kappa shape index (κ2) is 6.43. The summed E-state index contributed by atoms with van der Waals surface area (Å²) in [5.74, 6) is -1.91. The van der Waals surface area contributed by atoms with Gasteiger partial charge in [0, 0.05) is 17.3 Å². The standard InChI is InChI=1S/C16H17F2NO2/c1-20-14-9-8-13(10-15(14)21-2)19-11-16(17,18)12-6-4-3-5-7-12/h3-10,19H,11H2,1-2H3. The van der Waals surface area contributed by atoms with E-state index < -0.39 is 12.5 Å². The van der Waals surface area contributed by atoms with E-state index in [4.69, 9.17) is 9.47 Å². The van der Waals surface area contributed by atoms with Crippen LogP contribution in [0.25, 0.3) is 0 Å². The Morgan fingerprint density at radius 1 is 0.952 bits per heavy atom. The fourth-order valence-electron chi connectivity index (χ4n) is 1.94. The molecule has 0 fully saturated rings. The SMILES string of the molecule is COc1ccc(NCC(F)(F)c2ccccc2)cc1OC. The molecule has 2 aromatic carbocycles. The van der Waals surface area contributed by atoms with E-state index in [1.54, 1.807) is 36.4 Å². The Kier molecular flexibility index (Phi) is 4.62. The van der Waals surface area contributed by atoms with Gasteiger partial charge in [0.05, 0.1) is 20.8 Å². The largest absolute Gasteiger partial charge is 0.493 e. The molecule has 3 nitrogen and oxygen atoms in total. The van der Waals surface area contributed by atoms with Gasteiger partial charge in [0.25, 0.3) is 5.92 Å². The molecule has 0 spiro atoms. The minimum Gasteiger partial charge on any atom is -0.493 e. The molecule has 2 rings (SSSR count). The highest BCUT2D eigenvalue weighted by atomic mass is 19.3. The molecule has 0 radical (unpaired) electrons. The first-order chi connectivity index (χ1) is 10.1. The lowest BCUT2D eigenvalue weighted by Gasteiger charge is -2.18. The highest BCUT2D eigenvalue weighted by molar-refractivity contribution is 5.55. The summed E-state index contributed by atoms with van der Waals surface area (Å²) < 4.78 is 38.3. The molecule has 0 aliphatic rings. The van der Waals surface area contributed by atoms with Crippen LogP contribution in [0.2, 0.25) is 0 Å². The van der Waals surface area contributed by atoms with Gasteiger partial charge in [-0.1, -0.05) is 30.3 Å². The zero-order valence-corrected chi connectivity index (χ0v) is 11.9. The third-order valence-corrected chi connectivity index (χ3v) is 3.09. The highest BCUT2D eigenvalue weighted by Gasteiger charge is 2.30. The summed E-state index contributed by atoms with van der Waals surface area (Å²) >= 11 is 0. The molecule has 5 heteroatoms. The van der Waals surface area contributed by atoms with Gasteiger partial charge in [-0.25, -0.2) is 0 Å². The Hall–Kier alpha value is -2.30. The monoisotopic (exact) mass is 293 g/mol. The van der Waals surface area contributed by atoms with Crippen LogP contribution in [0.3, 0.4) is 0 Å². The number of hydrogen-bond acceptors (Lipinski definition) is 3. The van der Waals surface area contributed by atoms with Crippen LogP contribution in [0.1, 0.15) is 5.56 Å². The van der Waals surface area contributed by atoms with Crippen LogP contribution in [0.15, 0.2) is 48.5 Å². The Morgan fingerprint density at radius 3 is 2.24 bits per heavy atom. The Balaban J connectivity index is 2.09. The summed E-state index contributed by atoms with van der Waals surface area (Å²) in [5, 5.41) is 2.72. The third-order valence-electron chi connectivity index (χ3n) is 3.09. The van der Waals surface area contributed by atoms with E-state index >= 15 is 0 Å². The van der Waals surface area contributed by atoms with E-state index in [2.05, 4.69) is 5.32 Å². The minimum atomic E-state index is -2.95. The van der Waals surface area contributed by atoms with E-state index in [1.165, 1.54) is 26.4 Å². The Labute approximate surface area is 122 Å². The van der Waals surface area contributed by atoms with Gasteiger partial charge in [-0.2, -0.15) is 8.78 Å². The Morgan fingerprint density at radius 2 is 1.62 bits per heavy atom. The van der Waals surface area contributed by atoms with Crippen molar-refractivity contribution in [1.82, 2.24) is 0 Å². The van der Waals surface area contributed by atoms with E-state index in [9.17, 15) is 8.78 Å². The van der Waals surface area contributed by atoms with E-state index in [1.807, 2.05) is 0 Å². The summed E-state index contributed by atoms with van der Waals surface area (Å²) in [4.78, 5) is 0. The number of rotatable bonds is 6. The lowest BCUT2D eigenvalue weighted by atomic mass is 10.1. The van der Waals surface area contributed by atoms with Gasteiger partial charge in [0.15, 0.2) is 11.5 Å². The number of hydrogen-bond donors (Lipinski definition) is 1. The number of methoxy groups -OCH3 is 2. The van der Waals surface area contributed by atoms with Crippen molar-refractivity contribution in [2.45, 2.75) is 5.92 Å². The first-order valence-electron chi connectivity index (χ1n) is 6.46. The maximum atomic E-state index is 14.1. The lowest BCUT2D eigenvalue weighted by molar-refractivity contribution is 0.0106. The maximum Gasteiger partial charge on any atom is 0.290 e. The number of ether oxygens (including phenoxy) is 2. The summed E-state index contributed by atoms with van der Waals surface area (Å²) in [6, 6.07) is 12.7. The van der Waals surface area contributed by atoms with Crippen molar-refractivity contribution in [2.75, 3.05) is 26.1 Å². The van der Waals surface area contributed by atoms with Gasteiger partial charge < -0.3 is 14.8 Å². The zero-order valence-electron chi connectivity index (χ0n) is 11.9. The number of anilines is 1. The second-order valence-electron chi connectivity index (χ2n) is 4.49. The Bertz CT molecular complexity index is 588. The summed E-state index contributed by atoms with van der Waals surface area (Å²) in [5.41, 5.74) is 0.529. The van der Waals surface area contributed by atoms with Crippen LogP contribution in [-0.4, -0.2) is 20.8 Å². The molecule has 21 heavy (non-hydrogen) atoms. The molecule has 0 saturated carbocycles. The van der Waals surface area contributed by atoms with Gasteiger partial charge in [0.1, 0.15) is 0 Å². The molecule has 0 unspecified atom stereocenters. The number of halogens is 2. The second-order valence-corrected chi connectivity index (χ2v) is 4.49. The van der Waals surface area contributed by atoms with Crippen molar-refractivity contribution >= 4 is 5.69 Å². The van der Waals surface area contributed by atoms with Crippen molar-refractivity contribution < 1.29 is 18.3 Å². The normalized spacial score (nSPS) is 11.0. The highest BCUT2D eigenvalue weighted by Crippen LogP contribution is 2.32. The molecule has 0 heterocycles.